The molecule has 2 heterocycles. The third-order valence-corrected chi connectivity index (χ3v) is 3.85. The van der Waals surface area contributed by atoms with Crippen molar-refractivity contribution in [3.63, 3.8) is 0 Å². The number of pyridine rings is 1. The Morgan fingerprint density at radius 1 is 1.21 bits per heavy atom. The summed E-state index contributed by atoms with van der Waals surface area (Å²) in [6.45, 7) is 2.10. The molecule has 0 spiro atoms. The van der Waals surface area contributed by atoms with Crippen LogP contribution >= 0.6 is 0 Å². The number of aromatic amines is 1. The molecule has 2 N–H and O–H groups in total. The molecule has 3 rings (SSSR count). The van der Waals surface area contributed by atoms with Gasteiger partial charge in [0, 0.05) is 11.5 Å². The van der Waals surface area contributed by atoms with Gasteiger partial charge in [-0.3, -0.25) is 4.79 Å². The van der Waals surface area contributed by atoms with E-state index < -0.39 is 0 Å². The van der Waals surface area contributed by atoms with Crippen LogP contribution in [0.1, 0.15) is 24.3 Å². The summed E-state index contributed by atoms with van der Waals surface area (Å²) < 4.78 is 5.46. The standard InChI is InChI=1S/C15H18N2O2/c1-19-14-9-11(10-4-6-16-7-5-10)8-13-12(14)2-3-15(18)17-13/h2-3,8-10,16H,4-7H2,1H3,(H,17,18). The average molecular weight is 258 g/mol. The summed E-state index contributed by atoms with van der Waals surface area (Å²) in [5.74, 6) is 1.38. The molecule has 1 aromatic heterocycles. The number of hydrogen-bond donors (Lipinski definition) is 2. The third-order valence-electron chi connectivity index (χ3n) is 3.85. The van der Waals surface area contributed by atoms with Gasteiger partial charge in [-0.1, -0.05) is 0 Å². The smallest absolute Gasteiger partial charge is 0.248 e. The summed E-state index contributed by atoms with van der Waals surface area (Å²) in [6, 6.07) is 7.56. The van der Waals surface area contributed by atoms with E-state index in [1.54, 1.807) is 7.11 Å². The molecule has 0 aliphatic carbocycles. The molecule has 100 valence electrons. The highest BCUT2D eigenvalue weighted by molar-refractivity contribution is 5.85. The summed E-state index contributed by atoms with van der Waals surface area (Å²) in [5.41, 5.74) is 2.05. The van der Waals surface area contributed by atoms with Crippen LogP contribution in [0.5, 0.6) is 5.75 Å². The van der Waals surface area contributed by atoms with Gasteiger partial charge in [-0.15, -0.1) is 0 Å². The van der Waals surface area contributed by atoms with Crippen LogP contribution in [0, 0.1) is 0 Å². The number of ether oxygens (including phenoxy) is 1. The molecule has 0 bridgehead atoms. The van der Waals surface area contributed by atoms with Crippen LogP contribution in [0.4, 0.5) is 0 Å². The molecule has 1 fully saturated rings. The molecule has 19 heavy (non-hydrogen) atoms. The Balaban J connectivity index is 2.12. The van der Waals surface area contributed by atoms with Gasteiger partial charge in [0.1, 0.15) is 5.75 Å². The van der Waals surface area contributed by atoms with Crippen molar-refractivity contribution in [3.05, 3.63) is 40.2 Å². The molecule has 0 unspecified atom stereocenters. The monoisotopic (exact) mass is 258 g/mol. The lowest BCUT2D eigenvalue weighted by Crippen LogP contribution is -2.26. The van der Waals surface area contributed by atoms with Gasteiger partial charge in [0.05, 0.1) is 12.6 Å². The Morgan fingerprint density at radius 2 is 2.00 bits per heavy atom. The molecular formula is C15H18N2O2. The third kappa shape index (κ3) is 2.36. The van der Waals surface area contributed by atoms with E-state index >= 15 is 0 Å². The summed E-state index contributed by atoms with van der Waals surface area (Å²) in [5, 5.41) is 4.33. The zero-order chi connectivity index (χ0) is 13.2. The van der Waals surface area contributed by atoms with Crippen LogP contribution in [-0.4, -0.2) is 25.2 Å². The highest BCUT2D eigenvalue weighted by Crippen LogP contribution is 2.32. The maximum absolute atomic E-state index is 11.5. The first-order valence-corrected chi connectivity index (χ1v) is 6.69. The van der Waals surface area contributed by atoms with Gasteiger partial charge in [-0.25, -0.2) is 0 Å². The quantitative estimate of drug-likeness (QED) is 0.866. The van der Waals surface area contributed by atoms with Crippen molar-refractivity contribution in [2.45, 2.75) is 18.8 Å². The maximum Gasteiger partial charge on any atom is 0.248 e. The van der Waals surface area contributed by atoms with Gasteiger partial charge in [-0.2, -0.15) is 0 Å². The van der Waals surface area contributed by atoms with Gasteiger partial charge in [-0.05, 0) is 55.6 Å². The van der Waals surface area contributed by atoms with Gasteiger partial charge in [0.25, 0.3) is 0 Å². The molecule has 0 amide bonds. The Labute approximate surface area is 111 Å². The maximum atomic E-state index is 11.5. The molecule has 0 radical (unpaired) electrons. The zero-order valence-corrected chi connectivity index (χ0v) is 11.0. The predicted molar refractivity (Wildman–Crippen MR) is 76.0 cm³/mol. The minimum Gasteiger partial charge on any atom is -0.496 e. The first-order valence-electron chi connectivity index (χ1n) is 6.69. The largest absolute Gasteiger partial charge is 0.496 e. The number of nitrogens with one attached hydrogen (secondary N) is 2. The Hall–Kier alpha value is -1.81. The van der Waals surface area contributed by atoms with Crippen LogP contribution in [0.25, 0.3) is 10.9 Å². The summed E-state index contributed by atoms with van der Waals surface area (Å²) in [6.07, 6.45) is 2.26. The number of piperidine rings is 1. The number of methoxy groups -OCH3 is 1. The van der Waals surface area contributed by atoms with Crippen molar-refractivity contribution in [1.29, 1.82) is 0 Å². The molecule has 1 saturated heterocycles. The molecule has 4 nitrogen and oxygen atoms in total. The van der Waals surface area contributed by atoms with Gasteiger partial charge < -0.3 is 15.0 Å². The van der Waals surface area contributed by atoms with Gasteiger partial charge in [0.15, 0.2) is 0 Å². The normalized spacial score (nSPS) is 16.7. The summed E-state index contributed by atoms with van der Waals surface area (Å²) >= 11 is 0. The average Bonchev–Trinajstić information content (AvgIpc) is 2.46. The molecule has 1 aromatic carbocycles. The van der Waals surface area contributed by atoms with Crippen LogP contribution in [0.2, 0.25) is 0 Å². The fourth-order valence-electron chi connectivity index (χ4n) is 2.82. The molecule has 1 aliphatic heterocycles. The molecule has 1 aliphatic rings. The molecule has 0 atom stereocenters. The van der Waals surface area contributed by atoms with Crippen LogP contribution < -0.4 is 15.6 Å². The number of rotatable bonds is 2. The van der Waals surface area contributed by atoms with Gasteiger partial charge in [0.2, 0.25) is 5.56 Å². The second-order valence-corrected chi connectivity index (χ2v) is 5.03. The lowest BCUT2D eigenvalue weighted by molar-refractivity contribution is 0.416. The first-order chi connectivity index (χ1) is 9.28. The minimum atomic E-state index is -0.0722. The number of fused-ring (bicyclic) bond motifs is 1. The van der Waals surface area contributed by atoms with E-state index in [1.807, 2.05) is 6.07 Å². The van der Waals surface area contributed by atoms with E-state index in [4.69, 9.17) is 4.74 Å². The van der Waals surface area contributed by atoms with Crippen LogP contribution in [0.15, 0.2) is 29.1 Å². The fraction of sp³-hybridized carbons (Fsp3) is 0.400. The van der Waals surface area contributed by atoms with E-state index in [2.05, 4.69) is 22.4 Å². The Morgan fingerprint density at radius 3 is 2.74 bits per heavy atom. The summed E-state index contributed by atoms with van der Waals surface area (Å²) in [4.78, 5) is 14.4. The lowest BCUT2D eigenvalue weighted by Gasteiger charge is -2.23. The minimum absolute atomic E-state index is 0.0722. The number of hydrogen-bond acceptors (Lipinski definition) is 3. The van der Waals surface area contributed by atoms with Crippen LogP contribution in [-0.2, 0) is 0 Å². The van der Waals surface area contributed by atoms with E-state index in [-0.39, 0.29) is 5.56 Å². The zero-order valence-electron chi connectivity index (χ0n) is 11.0. The Bertz CT molecular complexity index is 642. The number of H-pyrrole nitrogens is 1. The van der Waals surface area contributed by atoms with Crippen molar-refractivity contribution >= 4 is 10.9 Å². The second-order valence-electron chi connectivity index (χ2n) is 5.03. The van der Waals surface area contributed by atoms with Crippen molar-refractivity contribution in [1.82, 2.24) is 10.3 Å². The highest BCUT2D eigenvalue weighted by atomic mass is 16.5. The van der Waals surface area contributed by atoms with Crippen molar-refractivity contribution in [2.75, 3.05) is 20.2 Å². The fourth-order valence-corrected chi connectivity index (χ4v) is 2.82. The van der Waals surface area contributed by atoms with E-state index in [1.165, 1.54) is 11.6 Å². The molecule has 0 saturated carbocycles. The topological polar surface area (TPSA) is 54.1 Å². The second kappa shape index (κ2) is 5.05. The highest BCUT2D eigenvalue weighted by Gasteiger charge is 2.17. The van der Waals surface area contributed by atoms with Crippen molar-refractivity contribution in [3.8, 4) is 5.75 Å². The van der Waals surface area contributed by atoms with E-state index in [0.717, 1.165) is 42.6 Å². The molecular weight excluding hydrogens is 240 g/mol. The number of aromatic nitrogens is 1. The van der Waals surface area contributed by atoms with E-state index in [0.29, 0.717) is 5.92 Å². The first kappa shape index (κ1) is 12.2. The lowest BCUT2D eigenvalue weighted by atomic mass is 9.89. The SMILES string of the molecule is COc1cc(C2CCNCC2)cc2[nH]c(=O)ccc12. The molecule has 2 aromatic rings. The van der Waals surface area contributed by atoms with Crippen molar-refractivity contribution < 1.29 is 4.74 Å². The summed E-state index contributed by atoms with van der Waals surface area (Å²) in [7, 11) is 1.67. The van der Waals surface area contributed by atoms with Gasteiger partial charge >= 0.3 is 0 Å². The number of benzene rings is 1. The van der Waals surface area contributed by atoms with Crippen LogP contribution in [0.3, 0.4) is 0 Å². The van der Waals surface area contributed by atoms with Crippen molar-refractivity contribution in [2.24, 2.45) is 0 Å². The Kier molecular flexibility index (Phi) is 3.25. The predicted octanol–water partition coefficient (Wildman–Crippen LogP) is 2.00. The van der Waals surface area contributed by atoms with E-state index in [9.17, 15) is 4.79 Å². The molecule has 4 heteroatoms.